The fourth-order valence-electron chi connectivity index (χ4n) is 1.63. The van der Waals surface area contributed by atoms with Crippen LogP contribution < -0.4 is 16.0 Å². The highest BCUT2D eigenvalue weighted by Gasteiger charge is 2.22. The maximum atomic E-state index is 12.1. The van der Waals surface area contributed by atoms with E-state index in [4.69, 9.17) is 5.84 Å². The van der Waals surface area contributed by atoms with Crippen LogP contribution in [0.5, 0.6) is 0 Å². The van der Waals surface area contributed by atoms with Crippen LogP contribution in [0.1, 0.15) is 12.8 Å². The summed E-state index contributed by atoms with van der Waals surface area (Å²) in [7, 11) is -3.54. The highest BCUT2D eigenvalue weighted by molar-refractivity contribution is 7.99. The van der Waals surface area contributed by atoms with E-state index in [9.17, 15) is 8.42 Å². The molecule has 0 spiro atoms. The molecule has 0 bridgehead atoms. The van der Waals surface area contributed by atoms with Gasteiger partial charge in [-0.15, -0.1) is 0 Å². The molecule has 1 aromatic heterocycles. The van der Waals surface area contributed by atoms with Crippen LogP contribution in [0.2, 0.25) is 0 Å². The minimum absolute atomic E-state index is 0.00330. The van der Waals surface area contributed by atoms with Gasteiger partial charge in [-0.25, -0.2) is 29.0 Å². The van der Waals surface area contributed by atoms with Crippen LogP contribution in [0.25, 0.3) is 0 Å². The zero-order valence-corrected chi connectivity index (χ0v) is 11.3. The van der Waals surface area contributed by atoms with Gasteiger partial charge in [0, 0.05) is 6.04 Å². The van der Waals surface area contributed by atoms with Crippen molar-refractivity contribution >= 4 is 27.7 Å². The van der Waals surface area contributed by atoms with Crippen molar-refractivity contribution in [2.75, 3.05) is 16.9 Å². The van der Waals surface area contributed by atoms with Gasteiger partial charge in [-0.1, -0.05) is 0 Å². The predicted octanol–water partition coefficient (Wildman–Crippen LogP) is -0.0639. The molecule has 0 amide bonds. The van der Waals surface area contributed by atoms with Crippen molar-refractivity contribution in [3.05, 3.63) is 12.4 Å². The van der Waals surface area contributed by atoms with Crippen LogP contribution in [0.15, 0.2) is 17.3 Å². The number of hydrogen-bond donors (Lipinski definition) is 3. The van der Waals surface area contributed by atoms with E-state index in [1.165, 1.54) is 12.4 Å². The number of thioether (sulfide) groups is 1. The number of hydrazine groups is 1. The van der Waals surface area contributed by atoms with Crippen molar-refractivity contribution in [3.63, 3.8) is 0 Å². The fraction of sp³-hybridized carbons (Fsp3) is 0.556. The minimum Gasteiger partial charge on any atom is -0.292 e. The van der Waals surface area contributed by atoms with Crippen molar-refractivity contribution in [1.82, 2.24) is 14.7 Å². The van der Waals surface area contributed by atoms with Gasteiger partial charge in [-0.2, -0.15) is 11.8 Å². The second kappa shape index (κ2) is 5.83. The lowest BCUT2D eigenvalue weighted by Crippen LogP contribution is -2.37. The Morgan fingerprint density at radius 2 is 1.89 bits per heavy atom. The number of rotatable bonds is 4. The predicted molar refractivity (Wildman–Crippen MR) is 70.5 cm³/mol. The number of anilines is 1. The van der Waals surface area contributed by atoms with E-state index in [-0.39, 0.29) is 16.9 Å². The van der Waals surface area contributed by atoms with Gasteiger partial charge in [-0.3, -0.25) is 5.43 Å². The third-order valence-electron chi connectivity index (χ3n) is 2.61. The molecule has 4 N–H and O–H groups in total. The molecule has 1 fully saturated rings. The molecule has 7 nitrogen and oxygen atoms in total. The van der Waals surface area contributed by atoms with Gasteiger partial charge < -0.3 is 0 Å². The molecule has 1 aliphatic heterocycles. The zero-order chi connectivity index (χ0) is 13.0. The third-order valence-corrected chi connectivity index (χ3v) is 5.13. The fourth-order valence-corrected chi connectivity index (χ4v) is 3.93. The summed E-state index contributed by atoms with van der Waals surface area (Å²) in [4.78, 5) is 7.63. The molecular weight excluding hydrogens is 274 g/mol. The summed E-state index contributed by atoms with van der Waals surface area (Å²) < 4.78 is 26.8. The molecule has 1 aliphatic rings. The topological polar surface area (TPSA) is 110 Å². The molecule has 0 radical (unpaired) electrons. The van der Waals surface area contributed by atoms with Crippen molar-refractivity contribution in [1.29, 1.82) is 0 Å². The lowest BCUT2D eigenvalue weighted by Gasteiger charge is -2.22. The average Bonchev–Trinajstić information content (AvgIpc) is 2.39. The van der Waals surface area contributed by atoms with Gasteiger partial charge in [0.25, 0.3) is 0 Å². The first-order valence-electron chi connectivity index (χ1n) is 5.50. The molecule has 0 aromatic carbocycles. The summed E-state index contributed by atoms with van der Waals surface area (Å²) in [5, 5.41) is 0. The first-order chi connectivity index (χ1) is 8.62. The van der Waals surface area contributed by atoms with Crippen LogP contribution in [0.3, 0.4) is 0 Å². The molecule has 0 atom stereocenters. The number of hydrogen-bond acceptors (Lipinski definition) is 7. The van der Waals surface area contributed by atoms with Gasteiger partial charge in [0.15, 0.2) is 0 Å². The lowest BCUT2D eigenvalue weighted by atomic mass is 10.2. The molecule has 1 saturated heterocycles. The first-order valence-corrected chi connectivity index (χ1v) is 8.14. The number of nitrogens with two attached hydrogens (primary N) is 1. The van der Waals surface area contributed by atoms with E-state index in [1.54, 1.807) is 0 Å². The highest BCUT2D eigenvalue weighted by Crippen LogP contribution is 2.19. The zero-order valence-electron chi connectivity index (χ0n) is 9.67. The highest BCUT2D eigenvalue weighted by atomic mass is 32.2. The van der Waals surface area contributed by atoms with Gasteiger partial charge >= 0.3 is 0 Å². The van der Waals surface area contributed by atoms with Gasteiger partial charge in [-0.05, 0) is 24.3 Å². The van der Waals surface area contributed by atoms with Crippen LogP contribution >= 0.6 is 11.8 Å². The molecule has 2 heterocycles. The standard InChI is InChI=1S/C9H15N5O2S2/c10-13-9-11-5-8(6-12-9)18(15,16)14-7-1-3-17-4-2-7/h5-7,14H,1-4,10H2,(H,11,12,13). The summed E-state index contributed by atoms with van der Waals surface area (Å²) >= 11 is 1.84. The van der Waals surface area contributed by atoms with Crippen LogP contribution in [0.4, 0.5) is 5.95 Å². The van der Waals surface area contributed by atoms with Crippen molar-refractivity contribution in [2.24, 2.45) is 5.84 Å². The molecule has 9 heteroatoms. The molecule has 2 rings (SSSR count). The molecule has 18 heavy (non-hydrogen) atoms. The third kappa shape index (κ3) is 3.31. The first kappa shape index (κ1) is 13.5. The van der Waals surface area contributed by atoms with Gasteiger partial charge in [0.2, 0.25) is 16.0 Å². The van der Waals surface area contributed by atoms with Gasteiger partial charge in [0.05, 0.1) is 12.4 Å². The summed E-state index contributed by atoms with van der Waals surface area (Å²) in [6.07, 6.45) is 4.19. The second-order valence-corrected chi connectivity index (χ2v) is 6.83. The van der Waals surface area contributed by atoms with E-state index in [2.05, 4.69) is 20.1 Å². The van der Waals surface area contributed by atoms with E-state index in [0.717, 1.165) is 24.3 Å². The van der Waals surface area contributed by atoms with E-state index in [1.807, 2.05) is 11.8 Å². The van der Waals surface area contributed by atoms with Gasteiger partial charge in [0.1, 0.15) is 4.90 Å². The van der Waals surface area contributed by atoms with Crippen molar-refractivity contribution in [3.8, 4) is 0 Å². The summed E-state index contributed by atoms with van der Waals surface area (Å²) in [5.41, 5.74) is 2.25. The molecule has 0 aliphatic carbocycles. The smallest absolute Gasteiger partial charge is 0.243 e. The van der Waals surface area contributed by atoms with Crippen molar-refractivity contribution in [2.45, 2.75) is 23.8 Å². The number of nitrogen functional groups attached to an aromatic ring is 1. The Kier molecular flexibility index (Phi) is 4.38. The average molecular weight is 289 g/mol. The minimum atomic E-state index is -3.54. The molecule has 0 saturated carbocycles. The number of nitrogens with one attached hydrogen (secondary N) is 2. The summed E-state index contributed by atoms with van der Waals surface area (Å²) in [6, 6.07) is 0.00330. The molecule has 100 valence electrons. The largest absolute Gasteiger partial charge is 0.292 e. The Bertz CT molecular complexity index is 484. The van der Waals surface area contributed by atoms with E-state index >= 15 is 0 Å². The number of sulfonamides is 1. The van der Waals surface area contributed by atoms with Crippen LogP contribution in [0, 0.1) is 0 Å². The Morgan fingerprint density at radius 3 is 2.44 bits per heavy atom. The summed E-state index contributed by atoms with van der Waals surface area (Å²) in [5.74, 6) is 7.27. The maximum absolute atomic E-state index is 12.1. The maximum Gasteiger partial charge on any atom is 0.243 e. The molecular formula is C9H15N5O2S2. The quantitative estimate of drug-likeness (QED) is 0.526. The number of aromatic nitrogens is 2. The molecule has 1 aromatic rings. The van der Waals surface area contributed by atoms with E-state index in [0.29, 0.717) is 0 Å². The van der Waals surface area contributed by atoms with Crippen LogP contribution in [-0.2, 0) is 10.0 Å². The SMILES string of the molecule is NNc1ncc(S(=O)(=O)NC2CCSCC2)cn1. The Hall–Kier alpha value is -0.900. The van der Waals surface area contributed by atoms with Crippen molar-refractivity contribution < 1.29 is 8.42 Å². The Morgan fingerprint density at radius 1 is 1.28 bits per heavy atom. The lowest BCUT2D eigenvalue weighted by molar-refractivity contribution is 0.528. The molecule has 0 unspecified atom stereocenters. The van der Waals surface area contributed by atoms with Crippen LogP contribution in [-0.4, -0.2) is 35.9 Å². The Labute approximate surface area is 110 Å². The Balaban J connectivity index is 2.08. The summed E-state index contributed by atoms with van der Waals surface area (Å²) in [6.45, 7) is 0. The number of nitrogens with zero attached hydrogens (tertiary/aromatic N) is 2. The monoisotopic (exact) mass is 289 g/mol. The normalized spacial score (nSPS) is 17.6. The second-order valence-electron chi connectivity index (χ2n) is 3.89. The van der Waals surface area contributed by atoms with E-state index < -0.39 is 10.0 Å².